The summed E-state index contributed by atoms with van der Waals surface area (Å²) in [6.07, 6.45) is 7.28. The molecule has 1 N–H and O–H groups in total. The lowest BCUT2D eigenvalue weighted by atomic mass is 9.60. The number of nitro groups is 1. The van der Waals surface area contributed by atoms with E-state index in [1.54, 1.807) is 25.1 Å². The number of imide groups is 1. The van der Waals surface area contributed by atoms with Crippen LogP contribution in [-0.2, 0) is 19.2 Å². The number of benzene rings is 2. The first-order chi connectivity index (χ1) is 20.1. The van der Waals surface area contributed by atoms with Crippen LogP contribution in [0.25, 0.3) is 6.08 Å². The van der Waals surface area contributed by atoms with Crippen LogP contribution in [0.2, 0.25) is 0 Å². The van der Waals surface area contributed by atoms with E-state index >= 15 is 0 Å². The lowest BCUT2D eigenvalue weighted by Crippen LogP contribution is -2.40. The van der Waals surface area contributed by atoms with Crippen LogP contribution in [0, 0.1) is 33.8 Å². The van der Waals surface area contributed by atoms with Crippen LogP contribution in [0.15, 0.2) is 83.0 Å². The third-order valence-corrected chi connectivity index (χ3v) is 8.61. The Balaban J connectivity index is 1.40. The molecule has 2 aromatic rings. The number of carbonyl (C=O) groups is 4. The van der Waals surface area contributed by atoms with Gasteiger partial charge in [-0.2, -0.15) is 0 Å². The summed E-state index contributed by atoms with van der Waals surface area (Å²) in [4.78, 5) is 65.7. The van der Waals surface area contributed by atoms with Gasteiger partial charge in [-0.1, -0.05) is 29.9 Å². The molecule has 0 spiro atoms. The number of ketones is 2. The van der Waals surface area contributed by atoms with Crippen molar-refractivity contribution in [3.63, 3.8) is 0 Å². The number of carbonyl (C=O) groups excluding carboxylic acids is 4. The number of phenolic OH excluding ortho intramolecular Hbond substituents is 1. The Morgan fingerprint density at radius 3 is 2.48 bits per heavy atom. The van der Waals surface area contributed by atoms with Crippen LogP contribution in [0.4, 0.5) is 11.4 Å². The summed E-state index contributed by atoms with van der Waals surface area (Å²) >= 11 is 0. The number of aromatic hydroxyl groups is 1. The molecule has 1 heterocycles. The maximum atomic E-state index is 13.9. The van der Waals surface area contributed by atoms with Gasteiger partial charge < -0.3 is 9.84 Å². The van der Waals surface area contributed by atoms with Crippen LogP contribution < -0.4 is 9.64 Å². The first-order valence-corrected chi connectivity index (χ1v) is 13.5. The number of anilines is 1. The zero-order valence-corrected chi connectivity index (χ0v) is 22.8. The predicted octanol–water partition coefficient (Wildman–Crippen LogP) is 4.49. The first kappa shape index (κ1) is 27.1. The van der Waals surface area contributed by atoms with Crippen LogP contribution in [0.1, 0.15) is 25.3 Å². The molecule has 4 aliphatic rings. The quantitative estimate of drug-likeness (QED) is 0.183. The second-order valence-electron chi connectivity index (χ2n) is 10.8. The Morgan fingerprint density at radius 2 is 1.79 bits per heavy atom. The highest BCUT2D eigenvalue weighted by Crippen LogP contribution is 2.53. The number of Topliss-reactive ketones (excluding diaryl/α,β-unsaturated/α-hetero) is 1. The standard InChI is InChI=1S/C32H26N2O8/c1-16-13-26(36)28-21(9-3-17-4-12-25(35)27(14-17)42-2)20-10-11-22-29(23(20)15-24(28)30(16)37)32(39)33(31(22)38)18-5-7-19(8-6-18)34(40)41/h3-10,12-14,21-23,29,35H,11,15H2,1-2H3/t21-,22-,23+,29-/m0/s1. The number of ether oxygens (including phenoxy) is 1. The Hall–Kier alpha value is -5.12. The molecular weight excluding hydrogens is 540 g/mol. The fourth-order valence-electron chi connectivity index (χ4n) is 6.64. The van der Waals surface area contributed by atoms with Crippen molar-refractivity contribution in [2.24, 2.45) is 23.7 Å². The molecule has 0 aromatic heterocycles. The fraction of sp³-hybridized carbons (Fsp3) is 0.250. The molecule has 212 valence electrons. The van der Waals surface area contributed by atoms with E-state index in [1.807, 2.05) is 12.2 Å². The number of nitro benzene ring substituents is 1. The molecule has 10 nitrogen and oxygen atoms in total. The van der Waals surface area contributed by atoms with Crippen LogP contribution in [0.3, 0.4) is 0 Å². The van der Waals surface area contributed by atoms with E-state index < -0.39 is 34.5 Å². The molecule has 0 radical (unpaired) electrons. The molecular formula is C32H26N2O8. The van der Waals surface area contributed by atoms with E-state index in [0.717, 1.165) is 10.5 Å². The first-order valence-electron chi connectivity index (χ1n) is 13.5. The van der Waals surface area contributed by atoms with E-state index in [4.69, 9.17) is 4.74 Å². The van der Waals surface area contributed by atoms with Gasteiger partial charge >= 0.3 is 0 Å². The second-order valence-corrected chi connectivity index (χ2v) is 10.8. The molecule has 10 heteroatoms. The van der Waals surface area contributed by atoms with Gasteiger partial charge in [0, 0.05) is 34.8 Å². The normalized spacial score (nSPS) is 25.2. The van der Waals surface area contributed by atoms with Gasteiger partial charge in [0.1, 0.15) is 0 Å². The van der Waals surface area contributed by atoms with Crippen molar-refractivity contribution in [1.29, 1.82) is 0 Å². The van der Waals surface area contributed by atoms with Crippen molar-refractivity contribution in [3.05, 3.63) is 98.7 Å². The summed E-state index contributed by atoms with van der Waals surface area (Å²) in [5, 5.41) is 21.1. The monoisotopic (exact) mass is 566 g/mol. The second kappa shape index (κ2) is 10.1. The predicted molar refractivity (Wildman–Crippen MR) is 151 cm³/mol. The van der Waals surface area contributed by atoms with E-state index in [0.29, 0.717) is 22.3 Å². The van der Waals surface area contributed by atoms with Crippen molar-refractivity contribution in [2.45, 2.75) is 19.8 Å². The van der Waals surface area contributed by atoms with Gasteiger partial charge in [0.25, 0.3) is 5.69 Å². The number of phenols is 1. The zero-order valence-electron chi connectivity index (χ0n) is 22.8. The summed E-state index contributed by atoms with van der Waals surface area (Å²) in [7, 11) is 1.44. The number of nitrogens with zero attached hydrogens (tertiary/aromatic N) is 2. The lowest BCUT2D eigenvalue weighted by Gasteiger charge is -2.41. The average Bonchev–Trinajstić information content (AvgIpc) is 3.24. The van der Waals surface area contributed by atoms with Crippen molar-refractivity contribution >= 4 is 40.8 Å². The van der Waals surface area contributed by atoms with Crippen LogP contribution in [0.5, 0.6) is 11.5 Å². The molecule has 0 bridgehead atoms. The summed E-state index contributed by atoms with van der Waals surface area (Å²) in [6, 6.07) is 10.1. The number of hydrogen-bond acceptors (Lipinski definition) is 8. The molecule has 3 aliphatic carbocycles. The molecule has 2 amide bonds. The summed E-state index contributed by atoms with van der Waals surface area (Å²) in [6.45, 7) is 1.59. The molecule has 1 fully saturated rings. The lowest BCUT2D eigenvalue weighted by molar-refractivity contribution is -0.384. The van der Waals surface area contributed by atoms with E-state index in [2.05, 4.69) is 0 Å². The number of non-ortho nitro benzene ring substituents is 1. The summed E-state index contributed by atoms with van der Waals surface area (Å²) < 4.78 is 5.21. The van der Waals surface area contributed by atoms with Crippen molar-refractivity contribution in [2.75, 3.05) is 12.0 Å². The minimum Gasteiger partial charge on any atom is -0.504 e. The summed E-state index contributed by atoms with van der Waals surface area (Å²) in [5.74, 6) is -3.56. The molecule has 1 aliphatic heterocycles. The highest BCUT2D eigenvalue weighted by atomic mass is 16.6. The maximum Gasteiger partial charge on any atom is 0.269 e. The SMILES string of the molecule is COc1cc(C=C[C@H]2C3=CC[C@@H]4C(=O)N(c5ccc([N+](=O)[O-])cc5)C(=O)[C@@H]4[C@@H]3CC3=C2C(=O)C=C(C)C3=O)ccc1O. The zero-order chi connectivity index (χ0) is 29.9. The van der Waals surface area contributed by atoms with Crippen molar-refractivity contribution < 1.29 is 33.9 Å². The Labute approximate surface area is 240 Å². The largest absolute Gasteiger partial charge is 0.504 e. The molecule has 2 aromatic carbocycles. The van der Waals surface area contributed by atoms with Gasteiger partial charge in [-0.3, -0.25) is 34.2 Å². The number of fused-ring (bicyclic) bond motifs is 3. The summed E-state index contributed by atoms with van der Waals surface area (Å²) in [5.41, 5.74) is 2.65. The van der Waals surface area contributed by atoms with E-state index in [1.165, 1.54) is 43.5 Å². The topological polar surface area (TPSA) is 144 Å². The minimum absolute atomic E-state index is 0.0194. The maximum absolute atomic E-state index is 13.9. The highest BCUT2D eigenvalue weighted by molar-refractivity contribution is 6.24. The number of rotatable bonds is 5. The van der Waals surface area contributed by atoms with Gasteiger partial charge in [0.15, 0.2) is 23.1 Å². The number of methoxy groups -OCH3 is 1. The molecule has 1 saturated heterocycles. The Morgan fingerprint density at radius 1 is 1.05 bits per heavy atom. The molecule has 0 saturated carbocycles. The molecule has 42 heavy (non-hydrogen) atoms. The number of amides is 2. The number of hydrogen-bond donors (Lipinski definition) is 1. The average molecular weight is 567 g/mol. The van der Waals surface area contributed by atoms with Crippen LogP contribution in [-0.4, -0.2) is 40.5 Å². The van der Waals surface area contributed by atoms with Gasteiger partial charge in [-0.15, -0.1) is 0 Å². The number of allylic oxidation sites excluding steroid dienone is 7. The van der Waals surface area contributed by atoms with Crippen molar-refractivity contribution in [3.8, 4) is 11.5 Å². The molecule has 0 unspecified atom stereocenters. The molecule has 4 atom stereocenters. The Bertz CT molecular complexity index is 1710. The van der Waals surface area contributed by atoms with Gasteiger partial charge in [0.05, 0.1) is 29.6 Å². The van der Waals surface area contributed by atoms with Gasteiger partial charge in [0.2, 0.25) is 11.8 Å². The molecule has 6 rings (SSSR count). The van der Waals surface area contributed by atoms with E-state index in [9.17, 15) is 34.4 Å². The highest BCUT2D eigenvalue weighted by Gasteiger charge is 2.56. The van der Waals surface area contributed by atoms with Crippen molar-refractivity contribution in [1.82, 2.24) is 0 Å². The van der Waals surface area contributed by atoms with E-state index in [-0.39, 0.29) is 53.2 Å². The van der Waals surface area contributed by atoms with Gasteiger partial charge in [-0.05, 0) is 61.6 Å². The van der Waals surface area contributed by atoms with Crippen LogP contribution >= 0.6 is 0 Å². The minimum atomic E-state index is -0.750. The van der Waals surface area contributed by atoms with Gasteiger partial charge in [-0.25, -0.2) is 0 Å². The Kier molecular flexibility index (Phi) is 6.48. The smallest absolute Gasteiger partial charge is 0.269 e. The fourth-order valence-corrected chi connectivity index (χ4v) is 6.64. The third-order valence-electron chi connectivity index (χ3n) is 8.61. The third kappa shape index (κ3) is 4.18.